The van der Waals surface area contributed by atoms with Crippen molar-refractivity contribution in [2.24, 2.45) is 5.73 Å². The van der Waals surface area contributed by atoms with Gasteiger partial charge in [-0.1, -0.05) is 23.1 Å². The molecule has 8 nitrogen and oxygen atoms in total. The minimum absolute atomic E-state index is 0.0146. The van der Waals surface area contributed by atoms with Gasteiger partial charge in [0.05, 0.1) is 0 Å². The fraction of sp³-hybridized carbons (Fsp3) is 0.333. The minimum atomic E-state index is -1.14. The lowest BCUT2D eigenvalue weighted by Crippen LogP contribution is -2.68. The van der Waals surface area contributed by atoms with Gasteiger partial charge in [-0.15, -0.1) is 22.0 Å². The molecule has 0 radical (unpaired) electrons. The van der Waals surface area contributed by atoms with Crippen LogP contribution < -0.4 is 11.5 Å². The molecular formula is C9H9N5O3S3. The lowest BCUT2D eigenvalue weighted by Gasteiger charge is -2.47. The highest BCUT2D eigenvalue weighted by atomic mass is 32.2. The number of nitrogens with two attached hydrogens (primary N) is 2. The van der Waals surface area contributed by atoms with E-state index in [1.807, 2.05) is 0 Å². The van der Waals surface area contributed by atoms with Gasteiger partial charge in [-0.2, -0.15) is 0 Å². The molecule has 0 aliphatic carbocycles. The van der Waals surface area contributed by atoms with Gasteiger partial charge in [0.2, 0.25) is 11.0 Å². The minimum Gasteiger partial charge on any atom is -0.477 e. The van der Waals surface area contributed by atoms with Crippen LogP contribution in [-0.2, 0) is 9.59 Å². The Morgan fingerprint density at radius 2 is 2.25 bits per heavy atom. The van der Waals surface area contributed by atoms with Gasteiger partial charge in [0.1, 0.15) is 17.1 Å². The standard InChI is InChI=1S/C9H9N5O3S3/c10-3-5(15)14-4(7(16)17)2(1-18-6(3)14)19-9-13-12-8(11)20-9/h3,6H,1,10H2,(H2,11,12)(H,16,17)/t3-,6+/m1/s1. The maximum absolute atomic E-state index is 11.7. The van der Waals surface area contributed by atoms with Crippen LogP contribution in [0.1, 0.15) is 0 Å². The number of fused-ring (bicyclic) bond motifs is 1. The van der Waals surface area contributed by atoms with Crippen molar-refractivity contribution >= 4 is 51.9 Å². The van der Waals surface area contributed by atoms with Crippen molar-refractivity contribution in [1.29, 1.82) is 0 Å². The second-order valence-corrected chi connectivity index (χ2v) is 7.48. The van der Waals surface area contributed by atoms with E-state index in [1.165, 1.54) is 39.8 Å². The summed E-state index contributed by atoms with van der Waals surface area (Å²) in [5.41, 5.74) is 11.1. The van der Waals surface area contributed by atoms with Gasteiger partial charge in [-0.3, -0.25) is 9.69 Å². The first-order valence-electron chi connectivity index (χ1n) is 5.42. The molecule has 2 aliphatic rings. The Balaban J connectivity index is 1.94. The summed E-state index contributed by atoms with van der Waals surface area (Å²) in [6.45, 7) is 0. The Hall–Kier alpha value is -1.30. The summed E-state index contributed by atoms with van der Waals surface area (Å²) in [4.78, 5) is 25.0. The number of hydrogen-bond donors (Lipinski definition) is 3. The van der Waals surface area contributed by atoms with Crippen LogP contribution in [0, 0.1) is 0 Å². The fourth-order valence-corrected chi connectivity index (χ4v) is 5.16. The van der Waals surface area contributed by atoms with Crippen molar-refractivity contribution < 1.29 is 14.7 Å². The van der Waals surface area contributed by atoms with E-state index in [-0.39, 0.29) is 17.0 Å². The second kappa shape index (κ2) is 4.91. The largest absolute Gasteiger partial charge is 0.477 e. The molecule has 0 bridgehead atoms. The van der Waals surface area contributed by atoms with Crippen LogP contribution in [0.4, 0.5) is 5.13 Å². The molecule has 1 amide bonds. The molecule has 2 aliphatic heterocycles. The Kier molecular flexibility index (Phi) is 3.36. The van der Waals surface area contributed by atoms with Crippen LogP contribution in [0.25, 0.3) is 0 Å². The molecule has 1 aromatic heterocycles. The summed E-state index contributed by atoms with van der Waals surface area (Å²) in [6.07, 6.45) is 0. The summed E-state index contributed by atoms with van der Waals surface area (Å²) >= 11 is 3.79. The van der Waals surface area contributed by atoms with Crippen LogP contribution in [-0.4, -0.2) is 49.2 Å². The van der Waals surface area contributed by atoms with Crippen LogP contribution in [0.15, 0.2) is 14.9 Å². The number of nitrogen functional groups attached to an aromatic ring is 1. The fourth-order valence-electron chi connectivity index (χ4n) is 1.93. The molecule has 0 saturated carbocycles. The van der Waals surface area contributed by atoms with Crippen LogP contribution in [0.3, 0.4) is 0 Å². The number of nitrogens with zero attached hydrogens (tertiary/aromatic N) is 3. The van der Waals surface area contributed by atoms with Crippen LogP contribution in [0.2, 0.25) is 0 Å². The molecule has 11 heteroatoms. The molecule has 0 spiro atoms. The molecule has 3 rings (SSSR count). The molecule has 3 heterocycles. The molecular weight excluding hydrogens is 322 g/mol. The monoisotopic (exact) mass is 331 g/mol. The van der Waals surface area contributed by atoms with E-state index in [1.54, 1.807) is 0 Å². The van der Waals surface area contributed by atoms with Crippen molar-refractivity contribution in [3.05, 3.63) is 10.6 Å². The zero-order chi connectivity index (χ0) is 14.4. The van der Waals surface area contributed by atoms with E-state index in [4.69, 9.17) is 11.5 Å². The first-order chi connectivity index (χ1) is 9.49. The van der Waals surface area contributed by atoms with Gasteiger partial charge in [0.15, 0.2) is 4.34 Å². The predicted octanol–water partition coefficient (Wildman–Crippen LogP) is -0.249. The third kappa shape index (κ3) is 2.06. The van der Waals surface area contributed by atoms with Gasteiger partial charge in [-0.05, 0) is 0 Å². The molecule has 1 fully saturated rings. The number of carboxylic acids is 1. The van der Waals surface area contributed by atoms with Gasteiger partial charge in [0, 0.05) is 10.7 Å². The zero-order valence-electron chi connectivity index (χ0n) is 9.85. The molecule has 106 valence electrons. The predicted molar refractivity (Wildman–Crippen MR) is 75.9 cm³/mol. The molecule has 20 heavy (non-hydrogen) atoms. The third-order valence-corrected chi connectivity index (χ3v) is 6.18. The zero-order valence-corrected chi connectivity index (χ0v) is 12.3. The molecule has 1 saturated heterocycles. The lowest BCUT2D eigenvalue weighted by atomic mass is 10.1. The van der Waals surface area contributed by atoms with Crippen molar-refractivity contribution in [3.63, 3.8) is 0 Å². The summed E-state index contributed by atoms with van der Waals surface area (Å²) in [5, 5.41) is 16.9. The van der Waals surface area contributed by atoms with E-state index in [0.717, 1.165) is 0 Å². The number of β-lactam (4-membered cyclic amide) rings is 1. The van der Waals surface area contributed by atoms with Gasteiger partial charge < -0.3 is 16.6 Å². The Bertz CT molecular complexity index is 630. The van der Waals surface area contributed by atoms with E-state index in [0.29, 0.717) is 20.1 Å². The smallest absolute Gasteiger partial charge is 0.353 e. The van der Waals surface area contributed by atoms with Crippen molar-refractivity contribution in [2.75, 3.05) is 11.5 Å². The molecule has 2 atom stereocenters. The van der Waals surface area contributed by atoms with E-state index < -0.39 is 12.0 Å². The maximum atomic E-state index is 11.7. The summed E-state index contributed by atoms with van der Waals surface area (Å²) < 4.78 is 0.549. The first-order valence-corrected chi connectivity index (χ1v) is 8.10. The number of hydrogen-bond acceptors (Lipinski definition) is 9. The SMILES string of the molecule is Nc1nnc(SC2=C(C(=O)O)N3C(=O)[C@@H](N)[C@@H]3SC2)s1. The Morgan fingerprint density at radius 3 is 2.85 bits per heavy atom. The van der Waals surface area contributed by atoms with Gasteiger partial charge in [0.25, 0.3) is 0 Å². The molecule has 0 aromatic carbocycles. The molecule has 5 N–H and O–H groups in total. The average molecular weight is 331 g/mol. The van der Waals surface area contributed by atoms with Gasteiger partial charge >= 0.3 is 5.97 Å². The Morgan fingerprint density at radius 1 is 1.50 bits per heavy atom. The number of carbonyl (C=O) groups is 2. The number of carboxylic acid groups (broad SMARTS) is 1. The summed E-state index contributed by atoms with van der Waals surface area (Å²) in [5.74, 6) is -1.04. The lowest BCUT2D eigenvalue weighted by molar-refractivity contribution is -0.147. The highest BCUT2D eigenvalue weighted by Gasteiger charge is 2.52. The van der Waals surface area contributed by atoms with E-state index >= 15 is 0 Å². The highest BCUT2D eigenvalue weighted by Crippen LogP contribution is 2.44. The quantitative estimate of drug-likeness (QED) is 0.640. The second-order valence-electron chi connectivity index (χ2n) is 4.02. The van der Waals surface area contributed by atoms with E-state index in [9.17, 15) is 14.7 Å². The third-order valence-electron chi connectivity index (χ3n) is 2.81. The van der Waals surface area contributed by atoms with E-state index in [2.05, 4.69) is 10.2 Å². The topological polar surface area (TPSA) is 135 Å². The number of rotatable bonds is 3. The average Bonchev–Trinajstić information content (AvgIpc) is 2.82. The van der Waals surface area contributed by atoms with Gasteiger partial charge in [-0.25, -0.2) is 4.79 Å². The van der Waals surface area contributed by atoms with Crippen molar-refractivity contribution in [2.45, 2.75) is 15.8 Å². The molecule has 0 unspecified atom stereocenters. The number of carbonyl (C=O) groups excluding carboxylic acids is 1. The number of anilines is 1. The summed E-state index contributed by atoms with van der Waals surface area (Å²) in [6, 6.07) is -0.627. The van der Waals surface area contributed by atoms with Crippen molar-refractivity contribution in [3.8, 4) is 0 Å². The maximum Gasteiger partial charge on any atom is 0.353 e. The number of aromatic nitrogens is 2. The van der Waals surface area contributed by atoms with Crippen LogP contribution >= 0.6 is 34.9 Å². The highest BCUT2D eigenvalue weighted by molar-refractivity contribution is 8.07. The normalized spacial score (nSPS) is 25.4. The number of amides is 1. The Labute approximate surface area is 125 Å². The number of thioether (sulfide) groups is 2. The molecule has 1 aromatic rings. The first kappa shape index (κ1) is 13.7. The summed E-state index contributed by atoms with van der Waals surface area (Å²) in [7, 11) is 0. The van der Waals surface area contributed by atoms with Crippen LogP contribution in [0.5, 0.6) is 0 Å². The van der Waals surface area contributed by atoms with Crippen molar-refractivity contribution in [1.82, 2.24) is 15.1 Å². The number of aliphatic carboxylic acids is 1.